The Morgan fingerprint density at radius 2 is 1.76 bits per heavy atom. The molecule has 10 rings (SSSR count). The van der Waals surface area contributed by atoms with Gasteiger partial charge in [0.05, 0.1) is 40.6 Å². The van der Waals surface area contributed by atoms with E-state index in [0.29, 0.717) is 65.0 Å². The summed E-state index contributed by atoms with van der Waals surface area (Å²) in [4.78, 5) is 54.2. The number of rotatable bonds is 8. The van der Waals surface area contributed by atoms with Crippen molar-refractivity contribution in [3.05, 3.63) is 63.7 Å². The number of pyridine rings is 1. The van der Waals surface area contributed by atoms with Gasteiger partial charge in [0.1, 0.15) is 5.02 Å². The Morgan fingerprint density at radius 1 is 0.952 bits per heavy atom. The zero-order valence-corrected chi connectivity index (χ0v) is 35.7. The SMILES string of the molecule is C[C@H]1CN(c2ncc(Cl)c(Nc3ccc4c(c3)c3c(c(=O)n4C)OCC(F)(F)[C@H](C4CC4)N3)n2)CCN1CC1CCN(c2ccc3c(C4CCC(=O)NC4=O)nn(C)c3c2)CC1. The third-order valence-corrected chi connectivity index (χ3v) is 13.8. The molecule has 3 atom stereocenters. The fourth-order valence-corrected chi connectivity index (χ4v) is 9.99. The zero-order chi connectivity index (χ0) is 43.0. The van der Waals surface area contributed by atoms with Crippen molar-refractivity contribution in [2.24, 2.45) is 25.9 Å². The van der Waals surface area contributed by atoms with Crippen LogP contribution >= 0.6 is 11.6 Å². The molecule has 3 N–H and O–H groups in total. The number of fused-ring (bicyclic) bond motifs is 4. The highest BCUT2D eigenvalue weighted by molar-refractivity contribution is 6.33. The minimum absolute atomic E-state index is 0.107. The molecule has 1 unspecified atom stereocenters. The molecule has 5 aliphatic rings. The first kappa shape index (κ1) is 40.5. The minimum atomic E-state index is -3.13. The van der Waals surface area contributed by atoms with Crippen molar-refractivity contribution in [1.82, 2.24) is 34.5 Å². The number of imide groups is 1. The maximum atomic E-state index is 15.2. The molecule has 2 amide bonds. The number of amides is 2. The molecule has 1 aliphatic carbocycles. The predicted octanol–water partition coefficient (Wildman–Crippen LogP) is 5.78. The molecule has 3 aromatic heterocycles. The fraction of sp³-hybridized carbons (Fsp3) is 0.500. The Kier molecular flexibility index (Phi) is 10.2. The van der Waals surface area contributed by atoms with Crippen molar-refractivity contribution in [2.75, 3.05) is 66.3 Å². The van der Waals surface area contributed by atoms with Crippen molar-refractivity contribution in [1.29, 1.82) is 0 Å². The molecule has 4 fully saturated rings. The number of aryl methyl sites for hydroxylation is 2. The van der Waals surface area contributed by atoms with Crippen LogP contribution in [-0.4, -0.2) is 105 Å². The molecular weight excluding hydrogens is 820 g/mol. The molecular formula is C44H50ClF2N11O4. The topological polar surface area (TPSA) is 155 Å². The number of anilines is 5. The second-order valence-corrected chi connectivity index (χ2v) is 18.1. The lowest BCUT2D eigenvalue weighted by Crippen LogP contribution is -2.54. The molecule has 7 heterocycles. The highest BCUT2D eigenvalue weighted by Gasteiger charge is 2.51. The number of carbonyl (C=O) groups excluding carboxylic acids is 2. The van der Waals surface area contributed by atoms with Gasteiger partial charge in [0, 0.05) is 88.0 Å². The number of carbonyl (C=O) groups is 2. The van der Waals surface area contributed by atoms with Crippen molar-refractivity contribution in [3.8, 4) is 5.75 Å². The standard InChI is InChI=1S/C44H50ClF2N11O4/c1-24-21-58(17-16-57(24)22-25-12-14-56(15-13-25)28-7-8-29-34(19-28)55(3)53-36(29)30-9-11-35(59)50-41(30)60)43-48-20-32(45)40(52-43)49-27-6-10-33-31(18-27)37-38(42(61)54(33)2)62-23-44(46,47)39(51-37)26-4-5-26/h6-8,10,18-20,24-26,30,39,51H,4-5,9,11-17,21-23H2,1-3H3,(H,48,49,52)(H,50,59,60)/t24-,30?,39-/m0/s1. The van der Waals surface area contributed by atoms with Gasteiger partial charge in [-0.05, 0) is 87.3 Å². The lowest BCUT2D eigenvalue weighted by Gasteiger charge is -2.43. The first-order valence-corrected chi connectivity index (χ1v) is 22.0. The zero-order valence-electron chi connectivity index (χ0n) is 35.0. The highest BCUT2D eigenvalue weighted by Crippen LogP contribution is 2.46. The van der Waals surface area contributed by atoms with E-state index in [4.69, 9.17) is 26.4 Å². The van der Waals surface area contributed by atoms with Gasteiger partial charge in [-0.1, -0.05) is 11.6 Å². The average Bonchev–Trinajstić information content (AvgIpc) is 4.06. The Hall–Kier alpha value is -5.55. The van der Waals surface area contributed by atoms with E-state index in [9.17, 15) is 14.4 Å². The average molecular weight is 870 g/mol. The van der Waals surface area contributed by atoms with E-state index in [1.165, 1.54) is 4.57 Å². The first-order valence-electron chi connectivity index (χ1n) is 21.6. The van der Waals surface area contributed by atoms with Crippen molar-refractivity contribution >= 4 is 74.0 Å². The monoisotopic (exact) mass is 869 g/mol. The van der Waals surface area contributed by atoms with Gasteiger partial charge in [-0.25, -0.2) is 13.8 Å². The van der Waals surface area contributed by atoms with Crippen molar-refractivity contribution in [3.63, 3.8) is 0 Å². The van der Waals surface area contributed by atoms with Crippen LogP contribution in [0.3, 0.4) is 0 Å². The number of hydrogen-bond acceptors (Lipinski definition) is 12. The Labute approximate surface area is 361 Å². The third-order valence-electron chi connectivity index (χ3n) is 13.6. The number of ether oxygens (including phenoxy) is 1. The summed E-state index contributed by atoms with van der Waals surface area (Å²) in [5.41, 5.74) is 3.85. The molecule has 1 saturated carbocycles. The fourth-order valence-electron chi connectivity index (χ4n) is 9.86. The second-order valence-electron chi connectivity index (χ2n) is 17.7. The number of alkyl halides is 2. The van der Waals surface area contributed by atoms with E-state index >= 15 is 8.78 Å². The largest absolute Gasteiger partial charge is 0.480 e. The van der Waals surface area contributed by atoms with Gasteiger partial charge < -0.3 is 29.7 Å². The summed E-state index contributed by atoms with van der Waals surface area (Å²) in [5, 5.41) is 15.4. The molecule has 4 aliphatic heterocycles. The van der Waals surface area contributed by atoms with Crippen molar-refractivity contribution in [2.45, 2.75) is 69.4 Å². The summed E-state index contributed by atoms with van der Waals surface area (Å²) >= 11 is 6.65. The second kappa shape index (κ2) is 15.7. The summed E-state index contributed by atoms with van der Waals surface area (Å²) in [7, 11) is 3.51. The van der Waals surface area contributed by atoms with Crippen LogP contribution < -0.4 is 36.0 Å². The van der Waals surface area contributed by atoms with Crippen LogP contribution in [-0.2, 0) is 23.7 Å². The molecule has 0 spiro atoms. The van der Waals surface area contributed by atoms with Gasteiger partial charge in [-0.2, -0.15) is 10.1 Å². The van der Waals surface area contributed by atoms with E-state index < -0.39 is 30.0 Å². The number of aromatic nitrogens is 5. The number of piperidine rings is 2. The van der Waals surface area contributed by atoms with Crippen LogP contribution in [0.4, 0.5) is 37.6 Å². The molecule has 326 valence electrons. The number of nitrogens with one attached hydrogen (secondary N) is 3. The summed E-state index contributed by atoms with van der Waals surface area (Å²) in [5.74, 6) is -2.80. The number of nitrogens with zero attached hydrogens (tertiary/aromatic N) is 8. The Balaban J connectivity index is 0.777. The summed E-state index contributed by atoms with van der Waals surface area (Å²) in [6, 6.07) is 10.9. The van der Waals surface area contributed by atoms with E-state index in [1.54, 1.807) is 25.4 Å². The lowest BCUT2D eigenvalue weighted by atomic mass is 9.92. The van der Waals surface area contributed by atoms with E-state index in [2.05, 4.69) is 60.8 Å². The van der Waals surface area contributed by atoms with Gasteiger partial charge in [0.2, 0.25) is 23.5 Å². The van der Waals surface area contributed by atoms with Gasteiger partial charge in [-0.3, -0.25) is 29.3 Å². The van der Waals surface area contributed by atoms with E-state index in [1.807, 2.05) is 17.8 Å². The first-order chi connectivity index (χ1) is 29.8. The van der Waals surface area contributed by atoms with Crippen LogP contribution in [0.25, 0.3) is 21.8 Å². The number of halogens is 3. The lowest BCUT2D eigenvalue weighted by molar-refractivity contribution is -0.134. The van der Waals surface area contributed by atoms with Crippen LogP contribution in [0, 0.1) is 11.8 Å². The number of benzene rings is 2. The molecule has 3 saturated heterocycles. The molecule has 0 bridgehead atoms. The van der Waals surface area contributed by atoms with Gasteiger partial charge in [-0.15, -0.1) is 0 Å². The predicted molar refractivity (Wildman–Crippen MR) is 234 cm³/mol. The van der Waals surface area contributed by atoms with Gasteiger partial charge in [0.15, 0.2) is 12.4 Å². The molecule has 15 nitrogen and oxygen atoms in total. The summed E-state index contributed by atoms with van der Waals surface area (Å²) in [6.07, 6.45) is 5.95. The maximum absolute atomic E-state index is 15.2. The smallest absolute Gasteiger partial charge is 0.301 e. The minimum Gasteiger partial charge on any atom is -0.480 e. The normalized spacial score (nSPS) is 23.5. The highest BCUT2D eigenvalue weighted by atomic mass is 35.5. The van der Waals surface area contributed by atoms with Gasteiger partial charge in [0.25, 0.3) is 5.56 Å². The van der Waals surface area contributed by atoms with E-state index in [-0.39, 0.29) is 35.2 Å². The van der Waals surface area contributed by atoms with Crippen LogP contribution in [0.15, 0.2) is 47.4 Å². The van der Waals surface area contributed by atoms with E-state index in [0.717, 1.165) is 74.4 Å². The molecule has 2 aromatic carbocycles. The number of hydrogen-bond donors (Lipinski definition) is 3. The summed E-state index contributed by atoms with van der Waals surface area (Å²) in [6.45, 7) is 6.69. The molecule has 0 radical (unpaired) electrons. The number of piperazine rings is 1. The quantitative estimate of drug-likeness (QED) is 0.162. The van der Waals surface area contributed by atoms with Crippen LogP contribution in [0.1, 0.15) is 57.1 Å². The van der Waals surface area contributed by atoms with Crippen LogP contribution in [0.5, 0.6) is 5.75 Å². The molecule has 18 heteroatoms. The van der Waals surface area contributed by atoms with Crippen molar-refractivity contribution < 1.29 is 23.1 Å². The van der Waals surface area contributed by atoms with Crippen LogP contribution in [0.2, 0.25) is 5.02 Å². The third kappa shape index (κ3) is 7.46. The Morgan fingerprint density at radius 3 is 2.52 bits per heavy atom. The summed E-state index contributed by atoms with van der Waals surface area (Å²) < 4.78 is 39.1. The molecule has 5 aromatic rings. The maximum Gasteiger partial charge on any atom is 0.301 e. The van der Waals surface area contributed by atoms with Gasteiger partial charge >= 0.3 is 5.92 Å². The molecule has 62 heavy (non-hydrogen) atoms. The Bertz CT molecular complexity index is 2660.